The zero-order chi connectivity index (χ0) is 24.7. The summed E-state index contributed by atoms with van der Waals surface area (Å²) in [7, 11) is 3.21. The Labute approximate surface area is 200 Å². The summed E-state index contributed by atoms with van der Waals surface area (Å²) in [6, 6.07) is 6.24. The number of carbonyl (C=O) groups excluding carboxylic acids is 3. The molecule has 2 N–H and O–H groups in total. The van der Waals surface area contributed by atoms with Gasteiger partial charge in [0.05, 0.1) is 25.3 Å². The molecule has 1 atom stereocenters. The van der Waals surface area contributed by atoms with Gasteiger partial charge in [0.1, 0.15) is 5.75 Å². The van der Waals surface area contributed by atoms with E-state index in [-0.39, 0.29) is 18.7 Å². The monoisotopic (exact) mass is 473 g/mol. The number of likely N-dealkylation sites (N-methyl/N-ethyl adjacent to an activating group) is 1. The van der Waals surface area contributed by atoms with Gasteiger partial charge in [-0.25, -0.2) is 14.4 Å². The second kappa shape index (κ2) is 11.7. The number of nitrogens with one attached hydrogen (secondary N) is 2. The maximum absolute atomic E-state index is 13.1. The van der Waals surface area contributed by atoms with Crippen molar-refractivity contribution in [1.29, 1.82) is 0 Å². The number of esters is 1. The molecule has 0 aliphatic carbocycles. The lowest BCUT2D eigenvalue weighted by molar-refractivity contribution is -0.139. The van der Waals surface area contributed by atoms with Gasteiger partial charge >= 0.3 is 18.0 Å². The van der Waals surface area contributed by atoms with Crippen LogP contribution >= 0.6 is 0 Å². The second-order valence-corrected chi connectivity index (χ2v) is 8.26. The van der Waals surface area contributed by atoms with Crippen molar-refractivity contribution in [2.45, 2.75) is 26.3 Å². The molecule has 1 saturated heterocycles. The van der Waals surface area contributed by atoms with Crippen molar-refractivity contribution in [2.24, 2.45) is 0 Å². The van der Waals surface area contributed by atoms with Crippen LogP contribution in [0.3, 0.4) is 0 Å². The fourth-order valence-electron chi connectivity index (χ4n) is 4.20. The molecule has 2 heterocycles. The Morgan fingerprint density at radius 3 is 2.50 bits per heavy atom. The van der Waals surface area contributed by atoms with E-state index in [1.54, 1.807) is 32.0 Å². The van der Waals surface area contributed by atoms with Crippen LogP contribution in [0.2, 0.25) is 0 Å². The number of nitrogens with zero attached hydrogens (tertiary/aromatic N) is 3. The molecule has 2 aliphatic rings. The molecule has 34 heavy (non-hydrogen) atoms. The van der Waals surface area contributed by atoms with Crippen molar-refractivity contribution < 1.29 is 23.9 Å². The first-order chi connectivity index (χ1) is 16.4. The number of para-hydroxylation sites is 1. The summed E-state index contributed by atoms with van der Waals surface area (Å²) < 4.78 is 10.9. The molecule has 10 nitrogen and oxygen atoms in total. The van der Waals surface area contributed by atoms with Crippen LogP contribution in [-0.2, 0) is 9.53 Å². The Bertz CT molecular complexity index is 926. The lowest BCUT2D eigenvalue weighted by Crippen LogP contribution is -2.54. The van der Waals surface area contributed by atoms with Crippen LogP contribution < -0.4 is 15.4 Å². The molecule has 186 valence electrons. The van der Waals surface area contributed by atoms with Crippen LogP contribution in [0.5, 0.6) is 5.75 Å². The maximum atomic E-state index is 13.1. The van der Waals surface area contributed by atoms with Gasteiger partial charge in [-0.05, 0) is 19.4 Å². The molecule has 0 unspecified atom stereocenters. The fourth-order valence-corrected chi connectivity index (χ4v) is 4.20. The molecule has 0 radical (unpaired) electrons. The SMILES string of the molecule is CCCNC(=O)N1CCN(CC2=C(C(=O)OCC)[C@@H](c3ccccc3OC)NC(=O)N2C)CC1. The number of amides is 4. The van der Waals surface area contributed by atoms with Crippen molar-refractivity contribution in [2.75, 3.05) is 60.0 Å². The molecule has 1 aromatic carbocycles. The van der Waals surface area contributed by atoms with E-state index in [1.807, 2.05) is 25.1 Å². The predicted octanol–water partition coefficient (Wildman–Crippen LogP) is 1.95. The van der Waals surface area contributed by atoms with Gasteiger partial charge in [0.25, 0.3) is 0 Å². The summed E-state index contributed by atoms with van der Waals surface area (Å²) in [5.74, 6) is 0.100. The van der Waals surface area contributed by atoms with E-state index in [1.165, 1.54) is 4.90 Å². The second-order valence-electron chi connectivity index (χ2n) is 8.26. The van der Waals surface area contributed by atoms with Crippen LogP contribution in [-0.4, -0.2) is 92.8 Å². The predicted molar refractivity (Wildman–Crippen MR) is 127 cm³/mol. The molecule has 3 rings (SSSR count). The van der Waals surface area contributed by atoms with Gasteiger partial charge in [0.2, 0.25) is 0 Å². The molecule has 1 aromatic rings. The van der Waals surface area contributed by atoms with Gasteiger partial charge in [0, 0.05) is 57.6 Å². The molecule has 4 amide bonds. The number of urea groups is 2. The van der Waals surface area contributed by atoms with Crippen molar-refractivity contribution in [3.05, 3.63) is 41.1 Å². The normalized spacial score (nSPS) is 19.1. The molecule has 2 aliphatic heterocycles. The first-order valence-electron chi connectivity index (χ1n) is 11.7. The summed E-state index contributed by atoms with van der Waals surface area (Å²) in [5, 5.41) is 5.83. The smallest absolute Gasteiger partial charge is 0.338 e. The highest BCUT2D eigenvalue weighted by Gasteiger charge is 2.38. The van der Waals surface area contributed by atoms with Gasteiger partial charge in [-0.15, -0.1) is 0 Å². The molecular weight excluding hydrogens is 438 g/mol. The number of carbonyl (C=O) groups is 3. The first kappa shape index (κ1) is 25.4. The zero-order valence-electron chi connectivity index (χ0n) is 20.4. The lowest BCUT2D eigenvalue weighted by Gasteiger charge is -2.39. The van der Waals surface area contributed by atoms with Crippen LogP contribution in [0.25, 0.3) is 0 Å². The zero-order valence-corrected chi connectivity index (χ0v) is 20.4. The Morgan fingerprint density at radius 1 is 1.15 bits per heavy atom. The summed E-state index contributed by atoms with van der Waals surface area (Å²) in [6.07, 6.45) is 0.887. The minimum atomic E-state index is -0.699. The van der Waals surface area contributed by atoms with Crippen molar-refractivity contribution in [3.8, 4) is 5.75 Å². The average molecular weight is 474 g/mol. The van der Waals surface area contributed by atoms with Crippen LogP contribution in [0, 0.1) is 0 Å². The molecular formula is C24H35N5O5. The largest absolute Gasteiger partial charge is 0.496 e. The van der Waals surface area contributed by atoms with E-state index in [0.717, 1.165) is 6.42 Å². The lowest BCUT2D eigenvalue weighted by atomic mass is 9.93. The van der Waals surface area contributed by atoms with E-state index >= 15 is 0 Å². The highest BCUT2D eigenvalue weighted by atomic mass is 16.5. The summed E-state index contributed by atoms with van der Waals surface area (Å²) in [4.78, 5) is 43.7. The molecule has 0 aromatic heterocycles. The minimum Gasteiger partial charge on any atom is -0.496 e. The van der Waals surface area contributed by atoms with Gasteiger partial charge in [0.15, 0.2) is 0 Å². The van der Waals surface area contributed by atoms with Gasteiger partial charge in [-0.3, -0.25) is 9.80 Å². The molecule has 0 saturated carbocycles. The summed E-state index contributed by atoms with van der Waals surface area (Å²) in [5.41, 5.74) is 1.66. The van der Waals surface area contributed by atoms with Crippen molar-refractivity contribution >= 4 is 18.0 Å². The third-order valence-corrected chi connectivity index (χ3v) is 6.08. The van der Waals surface area contributed by atoms with E-state index in [0.29, 0.717) is 61.9 Å². The Morgan fingerprint density at radius 2 is 1.85 bits per heavy atom. The number of methoxy groups -OCH3 is 1. The quantitative estimate of drug-likeness (QED) is 0.560. The van der Waals surface area contributed by atoms with Gasteiger partial charge < -0.3 is 25.0 Å². The van der Waals surface area contributed by atoms with Gasteiger partial charge in [-0.2, -0.15) is 0 Å². The van der Waals surface area contributed by atoms with Crippen LogP contribution in [0.4, 0.5) is 9.59 Å². The Kier molecular flexibility index (Phi) is 8.75. The van der Waals surface area contributed by atoms with E-state index in [4.69, 9.17) is 9.47 Å². The fraction of sp³-hybridized carbons (Fsp3) is 0.542. The molecule has 10 heteroatoms. The summed E-state index contributed by atoms with van der Waals surface area (Å²) >= 11 is 0. The summed E-state index contributed by atoms with van der Waals surface area (Å²) in [6.45, 7) is 7.44. The van der Waals surface area contributed by atoms with E-state index < -0.39 is 12.0 Å². The average Bonchev–Trinajstić information content (AvgIpc) is 2.85. The van der Waals surface area contributed by atoms with Crippen molar-refractivity contribution in [1.82, 2.24) is 25.3 Å². The Balaban J connectivity index is 1.89. The highest BCUT2D eigenvalue weighted by Crippen LogP contribution is 2.35. The number of hydrogen-bond acceptors (Lipinski definition) is 6. The van der Waals surface area contributed by atoms with E-state index in [2.05, 4.69) is 15.5 Å². The Hall–Kier alpha value is -3.27. The topological polar surface area (TPSA) is 103 Å². The standard InChI is InChI=1S/C24H35N5O5/c1-5-11-25-23(31)29-14-12-28(13-15-29)16-18-20(22(30)34-6-2)21(26-24(32)27(18)3)17-9-7-8-10-19(17)33-4/h7-10,21H,5-6,11-16H2,1-4H3,(H,25,31)(H,26,32)/t21-/m1/s1. The third-order valence-electron chi connectivity index (χ3n) is 6.08. The third kappa shape index (κ3) is 5.61. The number of hydrogen-bond donors (Lipinski definition) is 2. The van der Waals surface area contributed by atoms with E-state index in [9.17, 15) is 14.4 Å². The van der Waals surface area contributed by atoms with Gasteiger partial charge in [-0.1, -0.05) is 25.1 Å². The number of benzene rings is 1. The van der Waals surface area contributed by atoms with Crippen LogP contribution in [0.1, 0.15) is 31.9 Å². The number of piperazine rings is 1. The number of rotatable bonds is 8. The maximum Gasteiger partial charge on any atom is 0.338 e. The first-order valence-corrected chi connectivity index (χ1v) is 11.7. The highest BCUT2D eigenvalue weighted by molar-refractivity contribution is 5.95. The van der Waals surface area contributed by atoms with Crippen LogP contribution in [0.15, 0.2) is 35.5 Å². The van der Waals surface area contributed by atoms with Crippen molar-refractivity contribution in [3.63, 3.8) is 0 Å². The molecule has 0 spiro atoms. The minimum absolute atomic E-state index is 0.0571. The molecule has 0 bridgehead atoms. The molecule has 1 fully saturated rings. The number of ether oxygens (including phenoxy) is 2.